The summed E-state index contributed by atoms with van der Waals surface area (Å²) in [7, 11) is 0. The van der Waals surface area contributed by atoms with Crippen LogP contribution in [0.4, 0.5) is 0 Å². The lowest BCUT2D eigenvalue weighted by Gasteiger charge is -2.04. The molecule has 2 heterocycles. The Kier molecular flexibility index (Phi) is 3.78. The Morgan fingerprint density at radius 2 is 2.24 bits per heavy atom. The number of aromatic nitrogens is 3. The molecule has 0 atom stereocenters. The number of H-pyrrole nitrogens is 1. The van der Waals surface area contributed by atoms with Gasteiger partial charge in [-0.2, -0.15) is 0 Å². The minimum atomic E-state index is -0.135. The number of aromatic amines is 1. The molecular weight excluding hydrogens is 352 g/mol. The molecular formula is C11H9ClIN3O. The van der Waals surface area contributed by atoms with Crippen LogP contribution in [-0.4, -0.2) is 15.0 Å². The first-order valence-electron chi connectivity index (χ1n) is 5.02. The van der Waals surface area contributed by atoms with Crippen LogP contribution in [0, 0.1) is 3.57 Å². The van der Waals surface area contributed by atoms with Crippen LogP contribution in [0.25, 0.3) is 11.5 Å². The second kappa shape index (κ2) is 5.14. The molecule has 0 fully saturated rings. The summed E-state index contributed by atoms with van der Waals surface area (Å²) in [6.07, 6.45) is 2.24. The summed E-state index contributed by atoms with van der Waals surface area (Å²) >= 11 is 7.76. The van der Waals surface area contributed by atoms with Gasteiger partial charge in [-0.25, -0.2) is 4.98 Å². The maximum atomic E-state index is 11.7. The Hall–Kier alpha value is -0.950. The van der Waals surface area contributed by atoms with Crippen LogP contribution in [0.5, 0.6) is 0 Å². The molecule has 0 amide bonds. The number of nitrogens with zero attached hydrogens (tertiary/aromatic N) is 2. The van der Waals surface area contributed by atoms with Gasteiger partial charge in [0, 0.05) is 6.20 Å². The van der Waals surface area contributed by atoms with Gasteiger partial charge in [0.05, 0.1) is 14.3 Å². The first-order valence-corrected chi connectivity index (χ1v) is 6.48. The molecule has 6 heteroatoms. The van der Waals surface area contributed by atoms with Crippen LogP contribution in [-0.2, 0) is 6.42 Å². The molecule has 2 aromatic heterocycles. The lowest BCUT2D eigenvalue weighted by Crippen LogP contribution is -2.16. The highest BCUT2D eigenvalue weighted by molar-refractivity contribution is 14.1. The third kappa shape index (κ3) is 2.66. The first kappa shape index (κ1) is 12.5. The van der Waals surface area contributed by atoms with Gasteiger partial charge in [0.1, 0.15) is 5.69 Å². The maximum absolute atomic E-state index is 11.7. The first-order chi connectivity index (χ1) is 8.11. The molecule has 0 radical (unpaired) electrons. The normalized spacial score (nSPS) is 10.5. The van der Waals surface area contributed by atoms with E-state index in [0.717, 1.165) is 5.69 Å². The predicted molar refractivity (Wildman–Crippen MR) is 75.2 cm³/mol. The van der Waals surface area contributed by atoms with E-state index in [1.54, 1.807) is 12.1 Å². The number of hydrogen-bond donors (Lipinski definition) is 1. The van der Waals surface area contributed by atoms with E-state index in [1.165, 1.54) is 6.20 Å². The van der Waals surface area contributed by atoms with Gasteiger partial charge < -0.3 is 4.98 Å². The molecule has 0 aliphatic carbocycles. The molecule has 0 bridgehead atoms. The Balaban J connectivity index is 2.56. The van der Waals surface area contributed by atoms with Crippen LogP contribution in [0.1, 0.15) is 12.6 Å². The molecule has 0 aromatic carbocycles. The topological polar surface area (TPSA) is 58.6 Å². The van der Waals surface area contributed by atoms with Crippen LogP contribution in [0.3, 0.4) is 0 Å². The fourth-order valence-corrected chi connectivity index (χ4v) is 2.13. The molecule has 0 saturated heterocycles. The third-order valence-electron chi connectivity index (χ3n) is 2.24. The molecule has 0 aliphatic heterocycles. The average molecular weight is 362 g/mol. The van der Waals surface area contributed by atoms with E-state index in [9.17, 15) is 4.79 Å². The molecule has 0 unspecified atom stereocenters. The van der Waals surface area contributed by atoms with Crippen LogP contribution < -0.4 is 5.56 Å². The highest BCUT2D eigenvalue weighted by Crippen LogP contribution is 2.15. The van der Waals surface area contributed by atoms with E-state index in [-0.39, 0.29) is 5.56 Å². The van der Waals surface area contributed by atoms with Gasteiger partial charge in [-0.15, -0.1) is 0 Å². The molecule has 0 saturated carbocycles. The van der Waals surface area contributed by atoms with E-state index in [2.05, 4.69) is 15.0 Å². The summed E-state index contributed by atoms with van der Waals surface area (Å²) in [4.78, 5) is 22.9. The molecule has 4 nitrogen and oxygen atoms in total. The molecule has 17 heavy (non-hydrogen) atoms. The van der Waals surface area contributed by atoms with Crippen molar-refractivity contribution >= 4 is 34.2 Å². The van der Waals surface area contributed by atoms with Crippen molar-refractivity contribution in [2.45, 2.75) is 13.3 Å². The fraction of sp³-hybridized carbons (Fsp3) is 0.182. The van der Waals surface area contributed by atoms with Gasteiger partial charge in [0.15, 0.2) is 5.82 Å². The number of halogens is 2. The third-order valence-corrected chi connectivity index (χ3v) is 3.57. The van der Waals surface area contributed by atoms with E-state index in [4.69, 9.17) is 11.6 Å². The number of hydrogen-bond acceptors (Lipinski definition) is 3. The molecule has 1 N–H and O–H groups in total. The van der Waals surface area contributed by atoms with Crippen molar-refractivity contribution in [2.75, 3.05) is 0 Å². The molecule has 2 aromatic rings. The van der Waals surface area contributed by atoms with E-state index in [0.29, 0.717) is 26.5 Å². The van der Waals surface area contributed by atoms with Gasteiger partial charge in [0.25, 0.3) is 5.56 Å². The summed E-state index contributed by atoms with van der Waals surface area (Å²) in [5.41, 5.74) is 1.25. The largest absolute Gasteiger partial charge is 0.304 e. The summed E-state index contributed by atoms with van der Waals surface area (Å²) in [5, 5.41) is 0.553. The lowest BCUT2D eigenvalue weighted by molar-refractivity contribution is 0.962. The molecule has 0 aliphatic rings. The van der Waals surface area contributed by atoms with Crippen molar-refractivity contribution in [3.8, 4) is 11.5 Å². The maximum Gasteiger partial charge on any atom is 0.264 e. The minimum absolute atomic E-state index is 0.135. The van der Waals surface area contributed by atoms with Crippen molar-refractivity contribution in [2.24, 2.45) is 0 Å². The van der Waals surface area contributed by atoms with Crippen molar-refractivity contribution in [1.82, 2.24) is 15.0 Å². The highest BCUT2D eigenvalue weighted by atomic mass is 127. The van der Waals surface area contributed by atoms with Crippen molar-refractivity contribution < 1.29 is 0 Å². The zero-order valence-electron chi connectivity index (χ0n) is 9.00. The summed E-state index contributed by atoms with van der Waals surface area (Å²) < 4.78 is 0.628. The van der Waals surface area contributed by atoms with Gasteiger partial charge in [-0.3, -0.25) is 9.78 Å². The van der Waals surface area contributed by atoms with Crippen molar-refractivity contribution in [1.29, 1.82) is 0 Å². The highest BCUT2D eigenvalue weighted by Gasteiger charge is 2.09. The van der Waals surface area contributed by atoms with Gasteiger partial charge in [-0.05, 0) is 41.1 Å². The Labute approximate surface area is 117 Å². The second-order valence-corrected chi connectivity index (χ2v) is 4.91. The Morgan fingerprint density at radius 3 is 2.82 bits per heavy atom. The monoisotopic (exact) mass is 361 g/mol. The zero-order valence-corrected chi connectivity index (χ0v) is 11.9. The summed E-state index contributed by atoms with van der Waals surface area (Å²) in [6, 6.07) is 3.44. The van der Waals surface area contributed by atoms with Crippen LogP contribution in [0.2, 0.25) is 5.02 Å². The molecule has 0 spiro atoms. The number of aryl methyl sites for hydroxylation is 1. The van der Waals surface area contributed by atoms with E-state index in [1.807, 2.05) is 29.5 Å². The minimum Gasteiger partial charge on any atom is -0.304 e. The smallest absolute Gasteiger partial charge is 0.264 e. The van der Waals surface area contributed by atoms with E-state index >= 15 is 0 Å². The SMILES string of the molecule is CCc1nc(-c2ccc(Cl)cn2)[nH]c(=O)c1I. The van der Waals surface area contributed by atoms with Gasteiger partial charge in [-0.1, -0.05) is 18.5 Å². The average Bonchev–Trinajstić information content (AvgIpc) is 2.33. The molecule has 88 valence electrons. The summed E-state index contributed by atoms with van der Waals surface area (Å²) in [6.45, 7) is 1.96. The van der Waals surface area contributed by atoms with E-state index < -0.39 is 0 Å². The van der Waals surface area contributed by atoms with Crippen molar-refractivity contribution in [3.63, 3.8) is 0 Å². The van der Waals surface area contributed by atoms with Crippen LogP contribution in [0.15, 0.2) is 23.1 Å². The Morgan fingerprint density at radius 1 is 1.47 bits per heavy atom. The standard InChI is InChI=1S/C11H9ClIN3O/c1-2-7-9(13)11(17)16-10(15-7)8-4-3-6(12)5-14-8/h3-5H,2H2,1H3,(H,15,16,17). The van der Waals surface area contributed by atoms with Gasteiger partial charge >= 0.3 is 0 Å². The number of nitrogens with one attached hydrogen (secondary N) is 1. The van der Waals surface area contributed by atoms with Gasteiger partial charge in [0.2, 0.25) is 0 Å². The second-order valence-electron chi connectivity index (χ2n) is 3.39. The molecule has 2 rings (SSSR count). The number of pyridine rings is 1. The fourth-order valence-electron chi connectivity index (χ4n) is 1.38. The predicted octanol–water partition coefficient (Wildman–Crippen LogP) is 2.65. The lowest BCUT2D eigenvalue weighted by atomic mass is 10.3. The van der Waals surface area contributed by atoms with Crippen molar-refractivity contribution in [3.05, 3.63) is 43.0 Å². The zero-order chi connectivity index (χ0) is 12.4. The summed E-state index contributed by atoms with van der Waals surface area (Å²) in [5.74, 6) is 0.476. The Bertz CT molecular complexity index is 595. The number of rotatable bonds is 2. The van der Waals surface area contributed by atoms with Crippen LogP contribution >= 0.6 is 34.2 Å². The quantitative estimate of drug-likeness (QED) is 0.837.